The van der Waals surface area contributed by atoms with E-state index in [4.69, 9.17) is 5.73 Å². The molecule has 0 bridgehead atoms. The highest BCUT2D eigenvalue weighted by molar-refractivity contribution is 5.98. The van der Waals surface area contributed by atoms with E-state index in [-0.39, 0.29) is 11.3 Å². The molecule has 0 aromatic heterocycles. The lowest BCUT2D eigenvalue weighted by atomic mass is 10.1. The van der Waals surface area contributed by atoms with E-state index in [1.165, 1.54) is 24.4 Å². The van der Waals surface area contributed by atoms with Crippen molar-refractivity contribution in [3.63, 3.8) is 0 Å². The fraction of sp³-hybridized carbons (Fsp3) is 0.125. The monoisotopic (exact) mass is 298 g/mol. The van der Waals surface area contributed by atoms with Crippen LogP contribution in [0.3, 0.4) is 0 Å². The molecule has 0 fully saturated rings. The van der Waals surface area contributed by atoms with Gasteiger partial charge < -0.3 is 15.7 Å². The average Bonchev–Trinajstić information content (AvgIpc) is 2.50. The van der Waals surface area contributed by atoms with Crippen LogP contribution in [0.1, 0.15) is 15.9 Å². The lowest BCUT2D eigenvalue weighted by Crippen LogP contribution is -2.18. The van der Waals surface area contributed by atoms with E-state index in [0.717, 1.165) is 11.3 Å². The largest absolute Gasteiger partial charge is 0.507 e. The number of aromatic hydroxyl groups is 1. The van der Waals surface area contributed by atoms with Crippen molar-refractivity contribution in [2.75, 3.05) is 24.7 Å². The highest BCUT2D eigenvalue weighted by atomic mass is 16.3. The number of phenols is 1. The number of nitrogens with two attached hydrogens (primary N) is 1. The molecule has 1 amide bonds. The lowest BCUT2D eigenvalue weighted by molar-refractivity contribution is 0.0952. The van der Waals surface area contributed by atoms with Gasteiger partial charge in [0.2, 0.25) is 0 Å². The van der Waals surface area contributed by atoms with E-state index < -0.39 is 5.91 Å². The van der Waals surface area contributed by atoms with Crippen LogP contribution in [0.25, 0.3) is 0 Å². The molecule has 0 saturated heterocycles. The van der Waals surface area contributed by atoms with Gasteiger partial charge in [-0.3, -0.25) is 4.79 Å². The van der Waals surface area contributed by atoms with Crippen LogP contribution in [0.2, 0.25) is 0 Å². The summed E-state index contributed by atoms with van der Waals surface area (Å²) in [5.41, 5.74) is 10.4. The fourth-order valence-corrected chi connectivity index (χ4v) is 1.82. The number of amides is 1. The third-order valence-electron chi connectivity index (χ3n) is 3.05. The van der Waals surface area contributed by atoms with Gasteiger partial charge in [0.05, 0.1) is 11.8 Å². The van der Waals surface area contributed by atoms with Crippen molar-refractivity contribution in [1.82, 2.24) is 5.43 Å². The molecule has 0 unspecified atom stereocenters. The van der Waals surface area contributed by atoms with Gasteiger partial charge in [-0.05, 0) is 35.9 Å². The summed E-state index contributed by atoms with van der Waals surface area (Å²) >= 11 is 0. The molecule has 0 saturated carbocycles. The van der Waals surface area contributed by atoms with Crippen LogP contribution < -0.4 is 16.1 Å². The molecule has 4 N–H and O–H groups in total. The van der Waals surface area contributed by atoms with Crippen molar-refractivity contribution in [2.45, 2.75) is 0 Å². The van der Waals surface area contributed by atoms with Gasteiger partial charge in [-0.15, -0.1) is 0 Å². The highest BCUT2D eigenvalue weighted by Gasteiger charge is 2.10. The van der Waals surface area contributed by atoms with Crippen LogP contribution >= 0.6 is 0 Å². The highest BCUT2D eigenvalue weighted by Crippen LogP contribution is 2.19. The van der Waals surface area contributed by atoms with E-state index in [2.05, 4.69) is 10.5 Å². The Labute approximate surface area is 128 Å². The number of nitrogen functional groups attached to an aromatic ring is 1. The molecule has 2 aromatic rings. The first-order valence-electron chi connectivity index (χ1n) is 6.66. The van der Waals surface area contributed by atoms with E-state index in [1.807, 2.05) is 43.3 Å². The number of carbonyl (C=O) groups excluding carboxylic acids is 1. The van der Waals surface area contributed by atoms with Crippen LogP contribution in [-0.2, 0) is 0 Å². The molecular weight excluding hydrogens is 280 g/mol. The minimum atomic E-state index is -0.522. The van der Waals surface area contributed by atoms with E-state index in [9.17, 15) is 9.90 Å². The Balaban J connectivity index is 2.02. The summed E-state index contributed by atoms with van der Waals surface area (Å²) in [6.45, 7) is 0. The van der Waals surface area contributed by atoms with E-state index in [0.29, 0.717) is 5.69 Å². The molecule has 0 aliphatic heterocycles. The van der Waals surface area contributed by atoms with Crippen molar-refractivity contribution >= 4 is 23.5 Å². The molecular formula is C16H18N4O2. The number of carbonyl (C=O) groups is 1. The number of hydrogen-bond acceptors (Lipinski definition) is 5. The standard InChI is InChI=1S/C16H18N4O2/c1-20(2)13-6-3-11(4-7-13)10-18-19-16(22)14-9-12(17)5-8-15(14)21/h3-10,21H,17H2,1-2H3,(H,19,22)/b18-10+. The van der Waals surface area contributed by atoms with E-state index >= 15 is 0 Å². The van der Waals surface area contributed by atoms with Gasteiger partial charge in [-0.2, -0.15) is 5.10 Å². The first kappa shape index (κ1) is 15.4. The Hall–Kier alpha value is -3.02. The zero-order chi connectivity index (χ0) is 16.1. The van der Waals surface area contributed by atoms with Crippen LogP contribution in [0, 0.1) is 0 Å². The number of nitrogens with one attached hydrogen (secondary N) is 1. The van der Waals surface area contributed by atoms with Crippen LogP contribution in [0.15, 0.2) is 47.6 Å². The van der Waals surface area contributed by atoms with Crippen molar-refractivity contribution in [1.29, 1.82) is 0 Å². The normalized spacial score (nSPS) is 10.6. The summed E-state index contributed by atoms with van der Waals surface area (Å²) in [5.74, 6) is -0.664. The summed E-state index contributed by atoms with van der Waals surface area (Å²) < 4.78 is 0. The second kappa shape index (κ2) is 6.62. The minimum absolute atomic E-state index is 0.0834. The topological polar surface area (TPSA) is 91.0 Å². The van der Waals surface area contributed by atoms with Gasteiger partial charge >= 0.3 is 0 Å². The molecule has 2 aromatic carbocycles. The second-order valence-corrected chi connectivity index (χ2v) is 4.96. The van der Waals surface area contributed by atoms with Crippen molar-refractivity contribution in [3.05, 3.63) is 53.6 Å². The number of hydrogen-bond donors (Lipinski definition) is 3. The smallest absolute Gasteiger partial charge is 0.275 e. The molecule has 22 heavy (non-hydrogen) atoms. The van der Waals surface area contributed by atoms with Gasteiger partial charge in [0, 0.05) is 25.5 Å². The lowest BCUT2D eigenvalue weighted by Gasteiger charge is -2.11. The molecule has 0 spiro atoms. The van der Waals surface area contributed by atoms with Crippen LogP contribution in [-0.4, -0.2) is 31.3 Å². The number of rotatable bonds is 4. The zero-order valence-corrected chi connectivity index (χ0v) is 12.4. The first-order valence-corrected chi connectivity index (χ1v) is 6.66. The maximum atomic E-state index is 11.9. The molecule has 0 radical (unpaired) electrons. The summed E-state index contributed by atoms with van der Waals surface area (Å²) in [7, 11) is 3.92. The number of anilines is 2. The van der Waals surface area contributed by atoms with Crippen molar-refractivity contribution < 1.29 is 9.90 Å². The molecule has 0 aliphatic carbocycles. The first-order chi connectivity index (χ1) is 10.5. The summed E-state index contributed by atoms with van der Waals surface area (Å²) in [5, 5.41) is 13.5. The Kier molecular flexibility index (Phi) is 4.63. The zero-order valence-electron chi connectivity index (χ0n) is 12.4. The third-order valence-corrected chi connectivity index (χ3v) is 3.05. The minimum Gasteiger partial charge on any atom is -0.507 e. The van der Waals surface area contributed by atoms with Crippen molar-refractivity contribution in [2.24, 2.45) is 5.10 Å². The quantitative estimate of drug-likeness (QED) is 0.347. The summed E-state index contributed by atoms with van der Waals surface area (Å²) in [6.07, 6.45) is 1.53. The van der Waals surface area contributed by atoms with Crippen LogP contribution in [0.5, 0.6) is 5.75 Å². The maximum absolute atomic E-state index is 11.9. The molecule has 2 rings (SSSR count). The number of phenolic OH excluding ortho intramolecular Hbond substituents is 1. The van der Waals surface area contributed by atoms with Gasteiger partial charge in [0.25, 0.3) is 5.91 Å². The predicted molar refractivity (Wildman–Crippen MR) is 88.3 cm³/mol. The summed E-state index contributed by atoms with van der Waals surface area (Å²) in [4.78, 5) is 13.9. The number of benzene rings is 2. The Morgan fingerprint density at radius 3 is 2.55 bits per heavy atom. The number of hydrazone groups is 1. The number of nitrogens with zero attached hydrogens (tertiary/aromatic N) is 2. The maximum Gasteiger partial charge on any atom is 0.275 e. The van der Waals surface area contributed by atoms with Gasteiger partial charge in [-0.25, -0.2) is 5.43 Å². The molecule has 0 atom stereocenters. The molecule has 6 heteroatoms. The molecule has 0 aliphatic rings. The SMILES string of the molecule is CN(C)c1ccc(/C=N/NC(=O)c2cc(N)ccc2O)cc1. The molecule has 6 nitrogen and oxygen atoms in total. The summed E-state index contributed by atoms with van der Waals surface area (Å²) in [6, 6.07) is 12.0. The average molecular weight is 298 g/mol. The predicted octanol–water partition coefficient (Wildman–Crippen LogP) is 1.80. The molecule has 0 heterocycles. The molecule has 114 valence electrons. The van der Waals surface area contributed by atoms with Gasteiger partial charge in [0.1, 0.15) is 5.75 Å². The van der Waals surface area contributed by atoms with Crippen LogP contribution in [0.4, 0.5) is 11.4 Å². The van der Waals surface area contributed by atoms with Gasteiger partial charge in [-0.1, -0.05) is 12.1 Å². The second-order valence-electron chi connectivity index (χ2n) is 4.96. The Morgan fingerprint density at radius 1 is 1.23 bits per heavy atom. The van der Waals surface area contributed by atoms with Crippen molar-refractivity contribution in [3.8, 4) is 5.75 Å². The van der Waals surface area contributed by atoms with E-state index in [1.54, 1.807) is 0 Å². The Bertz CT molecular complexity index is 694. The third kappa shape index (κ3) is 3.76. The fourth-order valence-electron chi connectivity index (χ4n) is 1.82. The Morgan fingerprint density at radius 2 is 1.91 bits per heavy atom. The van der Waals surface area contributed by atoms with Gasteiger partial charge in [0.15, 0.2) is 0 Å².